The van der Waals surface area contributed by atoms with E-state index in [2.05, 4.69) is 55.6 Å². The molecule has 0 radical (unpaired) electrons. The van der Waals surface area contributed by atoms with Gasteiger partial charge < -0.3 is 20.3 Å². The summed E-state index contributed by atoms with van der Waals surface area (Å²) in [6.45, 7) is 4.86. The summed E-state index contributed by atoms with van der Waals surface area (Å²) in [6.07, 6.45) is 81.6. The lowest BCUT2D eigenvalue weighted by atomic mass is 10.0. The Morgan fingerprint density at radius 1 is 0.378 bits per heavy atom. The molecule has 6 heteroatoms. The zero-order chi connectivity index (χ0) is 53.6. The molecule has 0 saturated heterocycles. The fourth-order valence-electron chi connectivity index (χ4n) is 10.0. The first-order valence-electron chi connectivity index (χ1n) is 32.9. The first-order valence-corrected chi connectivity index (χ1v) is 32.9. The van der Waals surface area contributed by atoms with Gasteiger partial charge >= 0.3 is 5.97 Å². The largest absolute Gasteiger partial charge is 0.466 e. The van der Waals surface area contributed by atoms with Crippen LogP contribution in [0.1, 0.15) is 348 Å². The standard InChI is InChI=1S/C68H127NO5/c1-3-5-7-9-11-13-15-17-19-21-22-23-24-25-26-27-28-30-32-36-40-44-48-52-56-60-66(71)65(64-70)69-67(72)61-57-53-49-45-41-37-33-31-35-39-43-47-51-55-59-63-74-68(73)62-58-54-50-46-42-38-34-29-20-18-16-14-12-10-8-6-4-2/h12,14,18,20,35,39,56,60,65-66,70-71H,3-11,13,15-17,19,21-34,36-38,40-55,57-59,61-64H2,1-2H3,(H,69,72)/b14-12-,20-18-,39-35-,60-56+. The van der Waals surface area contributed by atoms with Crippen LogP contribution in [0.15, 0.2) is 48.6 Å². The number of rotatable bonds is 61. The Morgan fingerprint density at radius 2 is 0.676 bits per heavy atom. The number of amides is 1. The third kappa shape index (κ3) is 59.1. The quantitative estimate of drug-likeness (QED) is 0.0320. The van der Waals surface area contributed by atoms with Crippen molar-refractivity contribution in [1.29, 1.82) is 0 Å². The molecular weight excluding hydrogens is 911 g/mol. The van der Waals surface area contributed by atoms with Crippen LogP contribution in [0.5, 0.6) is 0 Å². The van der Waals surface area contributed by atoms with E-state index in [0.29, 0.717) is 19.4 Å². The van der Waals surface area contributed by atoms with Crippen molar-refractivity contribution in [2.24, 2.45) is 0 Å². The van der Waals surface area contributed by atoms with Crippen LogP contribution in [0.2, 0.25) is 0 Å². The Morgan fingerprint density at radius 3 is 1.07 bits per heavy atom. The molecular formula is C68H127NO5. The molecule has 0 aromatic carbocycles. The fraction of sp³-hybridized carbons (Fsp3) is 0.853. The molecule has 0 fully saturated rings. The molecule has 0 aromatic rings. The van der Waals surface area contributed by atoms with Crippen molar-refractivity contribution in [1.82, 2.24) is 5.32 Å². The minimum absolute atomic E-state index is 0.0186. The smallest absolute Gasteiger partial charge is 0.305 e. The van der Waals surface area contributed by atoms with Gasteiger partial charge in [-0.05, 0) is 89.9 Å². The topological polar surface area (TPSA) is 95.9 Å². The number of unbranched alkanes of at least 4 members (excludes halogenated alkanes) is 44. The predicted octanol–water partition coefficient (Wildman–Crippen LogP) is 20.9. The number of allylic oxidation sites excluding steroid dienone is 7. The molecule has 6 nitrogen and oxygen atoms in total. The Hall–Kier alpha value is -2.18. The SMILES string of the molecule is CCCCC/C=C\C/C=C\CCCCCCCCCC(=O)OCCCCCC/C=C\CCCCCCCCCC(=O)NC(CO)C(O)/C=C/CCCCCCCCCCCCCCCCCCCCCCCCC. The molecule has 434 valence electrons. The number of hydrogen-bond donors (Lipinski definition) is 3. The van der Waals surface area contributed by atoms with Crippen LogP contribution in [0.3, 0.4) is 0 Å². The minimum Gasteiger partial charge on any atom is -0.466 e. The number of aliphatic hydroxyl groups is 2. The second-order valence-electron chi connectivity index (χ2n) is 22.4. The third-order valence-electron chi connectivity index (χ3n) is 15.1. The zero-order valence-corrected chi connectivity index (χ0v) is 49.6. The van der Waals surface area contributed by atoms with E-state index < -0.39 is 12.1 Å². The summed E-state index contributed by atoms with van der Waals surface area (Å²) < 4.78 is 5.47. The number of carbonyl (C=O) groups excluding carboxylic acids is 2. The lowest BCUT2D eigenvalue weighted by Crippen LogP contribution is -2.45. The Bertz CT molecular complexity index is 1240. The first kappa shape index (κ1) is 71.8. The van der Waals surface area contributed by atoms with E-state index in [0.717, 1.165) is 77.0 Å². The van der Waals surface area contributed by atoms with E-state index in [1.807, 2.05) is 6.08 Å². The molecule has 2 unspecified atom stereocenters. The minimum atomic E-state index is -0.857. The van der Waals surface area contributed by atoms with Crippen LogP contribution in [0.4, 0.5) is 0 Å². The van der Waals surface area contributed by atoms with Gasteiger partial charge in [-0.3, -0.25) is 9.59 Å². The average Bonchev–Trinajstić information content (AvgIpc) is 3.40. The van der Waals surface area contributed by atoms with Gasteiger partial charge in [0.2, 0.25) is 5.91 Å². The third-order valence-corrected chi connectivity index (χ3v) is 15.1. The molecule has 0 saturated carbocycles. The number of nitrogens with one attached hydrogen (secondary N) is 1. The van der Waals surface area contributed by atoms with Crippen LogP contribution < -0.4 is 5.32 Å². The second kappa shape index (κ2) is 63.4. The van der Waals surface area contributed by atoms with Gasteiger partial charge in [-0.15, -0.1) is 0 Å². The number of aliphatic hydroxyl groups excluding tert-OH is 2. The fourth-order valence-corrected chi connectivity index (χ4v) is 10.0. The number of carbonyl (C=O) groups is 2. The summed E-state index contributed by atoms with van der Waals surface area (Å²) in [5, 5.41) is 23.2. The highest BCUT2D eigenvalue weighted by Gasteiger charge is 2.18. The van der Waals surface area contributed by atoms with Gasteiger partial charge in [-0.2, -0.15) is 0 Å². The molecule has 0 aromatic heterocycles. The van der Waals surface area contributed by atoms with E-state index in [-0.39, 0.29) is 18.5 Å². The molecule has 0 rings (SSSR count). The molecule has 1 amide bonds. The summed E-state index contributed by atoms with van der Waals surface area (Å²) >= 11 is 0. The van der Waals surface area contributed by atoms with Crippen LogP contribution >= 0.6 is 0 Å². The lowest BCUT2D eigenvalue weighted by Gasteiger charge is -2.20. The number of ether oxygens (including phenoxy) is 1. The van der Waals surface area contributed by atoms with E-state index in [9.17, 15) is 19.8 Å². The zero-order valence-electron chi connectivity index (χ0n) is 49.6. The molecule has 0 aliphatic heterocycles. The first-order chi connectivity index (χ1) is 36.5. The van der Waals surface area contributed by atoms with Crippen molar-refractivity contribution < 1.29 is 24.5 Å². The van der Waals surface area contributed by atoms with Crippen molar-refractivity contribution in [2.45, 2.75) is 360 Å². The Balaban J connectivity index is 3.50. The lowest BCUT2D eigenvalue weighted by molar-refractivity contribution is -0.143. The number of hydrogen-bond acceptors (Lipinski definition) is 5. The van der Waals surface area contributed by atoms with E-state index in [4.69, 9.17) is 4.74 Å². The van der Waals surface area contributed by atoms with Gasteiger partial charge in [-0.25, -0.2) is 0 Å². The maximum atomic E-state index is 12.5. The summed E-state index contributed by atoms with van der Waals surface area (Å²) in [6, 6.07) is -0.642. The summed E-state index contributed by atoms with van der Waals surface area (Å²) in [4.78, 5) is 24.6. The van der Waals surface area contributed by atoms with E-state index >= 15 is 0 Å². The van der Waals surface area contributed by atoms with Gasteiger partial charge in [0, 0.05) is 12.8 Å². The van der Waals surface area contributed by atoms with Crippen molar-refractivity contribution in [3.05, 3.63) is 48.6 Å². The van der Waals surface area contributed by atoms with Crippen LogP contribution in [0.25, 0.3) is 0 Å². The van der Waals surface area contributed by atoms with E-state index in [1.165, 1.54) is 244 Å². The predicted molar refractivity (Wildman–Crippen MR) is 324 cm³/mol. The average molecular weight is 1040 g/mol. The van der Waals surface area contributed by atoms with Gasteiger partial charge in [0.1, 0.15) is 0 Å². The highest BCUT2D eigenvalue weighted by molar-refractivity contribution is 5.76. The van der Waals surface area contributed by atoms with Crippen LogP contribution in [-0.4, -0.2) is 47.4 Å². The van der Waals surface area contributed by atoms with Gasteiger partial charge in [0.25, 0.3) is 0 Å². The van der Waals surface area contributed by atoms with E-state index in [1.54, 1.807) is 6.08 Å². The van der Waals surface area contributed by atoms with Crippen molar-refractivity contribution in [3.63, 3.8) is 0 Å². The molecule has 0 aliphatic rings. The van der Waals surface area contributed by atoms with Gasteiger partial charge in [0.15, 0.2) is 0 Å². The highest BCUT2D eigenvalue weighted by Crippen LogP contribution is 2.17. The van der Waals surface area contributed by atoms with Gasteiger partial charge in [-0.1, -0.05) is 294 Å². The highest BCUT2D eigenvalue weighted by atomic mass is 16.5. The maximum absolute atomic E-state index is 12.5. The number of esters is 1. The van der Waals surface area contributed by atoms with Crippen LogP contribution in [-0.2, 0) is 14.3 Å². The van der Waals surface area contributed by atoms with Crippen molar-refractivity contribution in [3.8, 4) is 0 Å². The molecule has 3 N–H and O–H groups in total. The van der Waals surface area contributed by atoms with Crippen molar-refractivity contribution >= 4 is 11.9 Å². The summed E-state index contributed by atoms with van der Waals surface area (Å²) in [7, 11) is 0. The van der Waals surface area contributed by atoms with Crippen molar-refractivity contribution in [2.75, 3.05) is 13.2 Å². The molecule has 0 aliphatic carbocycles. The molecule has 0 heterocycles. The molecule has 0 spiro atoms. The molecule has 2 atom stereocenters. The van der Waals surface area contributed by atoms with Gasteiger partial charge in [0.05, 0.1) is 25.4 Å². The Kier molecular flexibility index (Phi) is 61.5. The monoisotopic (exact) mass is 1040 g/mol. The molecule has 0 bridgehead atoms. The van der Waals surface area contributed by atoms with Crippen LogP contribution in [0, 0.1) is 0 Å². The normalized spacial score (nSPS) is 12.9. The second-order valence-corrected chi connectivity index (χ2v) is 22.4. The maximum Gasteiger partial charge on any atom is 0.305 e. The summed E-state index contributed by atoms with van der Waals surface area (Å²) in [5.41, 5.74) is 0. The Labute approximate surface area is 461 Å². The molecule has 74 heavy (non-hydrogen) atoms. The summed E-state index contributed by atoms with van der Waals surface area (Å²) in [5.74, 6) is -0.0995.